The van der Waals surface area contributed by atoms with Crippen molar-refractivity contribution in [1.29, 1.82) is 0 Å². The minimum absolute atomic E-state index is 0.0157. The summed E-state index contributed by atoms with van der Waals surface area (Å²) in [6.45, 7) is 2.39. The molecule has 2 rings (SSSR count). The molecule has 0 aliphatic rings. The molecule has 112 valence electrons. The van der Waals surface area contributed by atoms with Gasteiger partial charge >= 0.3 is 0 Å². The van der Waals surface area contributed by atoms with E-state index in [1.807, 2.05) is 11.5 Å². The molecule has 7 heteroatoms. The summed E-state index contributed by atoms with van der Waals surface area (Å²) in [4.78, 5) is 15.0. The number of benzene rings is 1. The van der Waals surface area contributed by atoms with E-state index in [-0.39, 0.29) is 11.7 Å². The van der Waals surface area contributed by atoms with Crippen LogP contribution in [0.5, 0.6) is 0 Å². The highest BCUT2D eigenvalue weighted by Crippen LogP contribution is 2.24. The second kappa shape index (κ2) is 6.69. The van der Waals surface area contributed by atoms with E-state index in [1.165, 1.54) is 6.07 Å². The lowest BCUT2D eigenvalue weighted by molar-refractivity contribution is -0.385. The predicted molar refractivity (Wildman–Crippen MR) is 81.4 cm³/mol. The lowest BCUT2D eigenvalue weighted by Crippen LogP contribution is -2.23. The third-order valence-corrected chi connectivity index (χ3v) is 3.59. The molecular weight excluding hydrogens is 292 g/mol. The van der Waals surface area contributed by atoms with Gasteiger partial charge in [0.2, 0.25) is 0 Å². The average molecular weight is 309 g/mol. The number of aromatic nitrogens is 2. The Morgan fingerprint density at radius 3 is 2.95 bits per heavy atom. The Bertz CT molecular complexity index is 642. The molecule has 0 aliphatic heterocycles. The van der Waals surface area contributed by atoms with E-state index in [9.17, 15) is 10.1 Å². The fourth-order valence-corrected chi connectivity index (χ4v) is 2.24. The number of nitro groups is 1. The van der Waals surface area contributed by atoms with Gasteiger partial charge in [-0.3, -0.25) is 10.1 Å². The van der Waals surface area contributed by atoms with Gasteiger partial charge in [-0.05, 0) is 18.6 Å². The zero-order valence-corrected chi connectivity index (χ0v) is 12.5. The van der Waals surface area contributed by atoms with Gasteiger partial charge in [-0.15, -0.1) is 0 Å². The molecule has 0 bridgehead atoms. The molecule has 0 radical (unpaired) electrons. The Kier molecular flexibility index (Phi) is 4.93. The van der Waals surface area contributed by atoms with E-state index in [0.717, 1.165) is 12.2 Å². The molecule has 0 amide bonds. The van der Waals surface area contributed by atoms with Crippen LogP contribution in [0.25, 0.3) is 0 Å². The van der Waals surface area contributed by atoms with E-state index in [4.69, 9.17) is 17.3 Å². The van der Waals surface area contributed by atoms with Crippen molar-refractivity contribution in [3.63, 3.8) is 0 Å². The highest BCUT2D eigenvalue weighted by Gasteiger charge is 2.16. The zero-order chi connectivity index (χ0) is 15.4. The van der Waals surface area contributed by atoms with Gasteiger partial charge in [0.1, 0.15) is 5.82 Å². The van der Waals surface area contributed by atoms with Crippen molar-refractivity contribution < 1.29 is 4.92 Å². The third-order valence-electron chi connectivity index (χ3n) is 3.36. The first-order valence-electron chi connectivity index (χ1n) is 6.69. The normalized spacial score (nSPS) is 12.3. The van der Waals surface area contributed by atoms with Crippen molar-refractivity contribution in [3.05, 3.63) is 57.1 Å². The van der Waals surface area contributed by atoms with Crippen LogP contribution in [0, 0.1) is 10.1 Å². The van der Waals surface area contributed by atoms with Crippen LogP contribution in [0.4, 0.5) is 5.69 Å². The van der Waals surface area contributed by atoms with Gasteiger partial charge in [-0.1, -0.05) is 18.5 Å². The van der Waals surface area contributed by atoms with Gasteiger partial charge in [-0.25, -0.2) is 4.98 Å². The lowest BCUT2D eigenvalue weighted by atomic mass is 10.1. The minimum Gasteiger partial charge on any atom is -0.330 e. The van der Waals surface area contributed by atoms with Gasteiger partial charge < -0.3 is 10.3 Å². The molecule has 0 aliphatic carbocycles. The number of nitrogens with zero attached hydrogens (tertiary/aromatic N) is 3. The van der Waals surface area contributed by atoms with E-state index >= 15 is 0 Å². The molecule has 0 saturated heterocycles. The van der Waals surface area contributed by atoms with Crippen molar-refractivity contribution in [2.75, 3.05) is 0 Å². The van der Waals surface area contributed by atoms with E-state index < -0.39 is 4.92 Å². The summed E-state index contributed by atoms with van der Waals surface area (Å²) in [6.07, 6.45) is 4.98. The molecule has 1 heterocycles. The molecule has 6 nitrogen and oxygen atoms in total. The summed E-state index contributed by atoms with van der Waals surface area (Å²) in [5.74, 6) is 0.827. The molecule has 0 saturated carbocycles. The monoisotopic (exact) mass is 308 g/mol. The summed E-state index contributed by atoms with van der Waals surface area (Å²) in [5, 5.41) is 11.5. The Balaban J connectivity index is 2.27. The molecular formula is C14H17ClN4O2. The minimum atomic E-state index is -0.421. The van der Waals surface area contributed by atoms with E-state index in [0.29, 0.717) is 23.6 Å². The van der Waals surface area contributed by atoms with Gasteiger partial charge in [-0.2, -0.15) is 0 Å². The van der Waals surface area contributed by atoms with Crippen LogP contribution in [0.3, 0.4) is 0 Å². The number of rotatable bonds is 6. The first-order chi connectivity index (χ1) is 10.0. The molecule has 0 spiro atoms. The Morgan fingerprint density at radius 2 is 2.29 bits per heavy atom. The van der Waals surface area contributed by atoms with Gasteiger partial charge in [0.05, 0.1) is 11.5 Å². The highest BCUT2D eigenvalue weighted by atomic mass is 35.5. The maximum absolute atomic E-state index is 11.1. The van der Waals surface area contributed by atoms with Crippen LogP contribution >= 0.6 is 11.6 Å². The Hall–Kier alpha value is -1.92. The summed E-state index contributed by atoms with van der Waals surface area (Å²) < 4.78 is 1.88. The number of halogens is 1. The number of nitrogens with two attached hydrogens (primary N) is 1. The first kappa shape index (κ1) is 15.5. The number of hydrogen-bond donors (Lipinski definition) is 1. The van der Waals surface area contributed by atoms with Crippen molar-refractivity contribution in [2.24, 2.45) is 5.73 Å². The van der Waals surface area contributed by atoms with Crippen LogP contribution in [-0.4, -0.2) is 20.5 Å². The summed E-state index contributed by atoms with van der Waals surface area (Å²) in [5.41, 5.74) is 6.55. The molecule has 1 aromatic heterocycles. The fourth-order valence-electron chi connectivity index (χ4n) is 2.08. The Labute approximate surface area is 127 Å². The number of imidazole rings is 1. The maximum atomic E-state index is 11.1. The summed E-state index contributed by atoms with van der Waals surface area (Å²) in [7, 11) is 0. The molecule has 1 atom stereocenters. The fraction of sp³-hybridized carbons (Fsp3) is 0.357. The first-order valence-corrected chi connectivity index (χ1v) is 7.07. The zero-order valence-electron chi connectivity index (χ0n) is 11.7. The SMILES string of the molecule is CCC(N)Cc1nccn1Cc1ccc(Cl)cc1[N+](=O)[O-]. The molecule has 2 aromatic rings. The van der Waals surface area contributed by atoms with Crippen molar-refractivity contribution in [3.8, 4) is 0 Å². The average Bonchev–Trinajstić information content (AvgIpc) is 2.87. The summed E-state index contributed by atoms with van der Waals surface area (Å²) >= 11 is 5.82. The van der Waals surface area contributed by atoms with E-state index in [1.54, 1.807) is 24.5 Å². The van der Waals surface area contributed by atoms with Crippen molar-refractivity contribution in [1.82, 2.24) is 9.55 Å². The molecule has 1 unspecified atom stereocenters. The number of nitro benzene ring substituents is 1. The molecule has 0 fully saturated rings. The molecule has 1 aromatic carbocycles. The van der Waals surface area contributed by atoms with Gasteiger partial charge in [0, 0.05) is 41.5 Å². The van der Waals surface area contributed by atoms with Crippen molar-refractivity contribution >= 4 is 17.3 Å². The Morgan fingerprint density at radius 1 is 1.52 bits per heavy atom. The summed E-state index contributed by atoms with van der Waals surface area (Å²) in [6, 6.07) is 4.72. The second-order valence-corrected chi connectivity index (χ2v) is 5.31. The van der Waals surface area contributed by atoms with E-state index in [2.05, 4.69) is 4.98 Å². The topological polar surface area (TPSA) is 87.0 Å². The van der Waals surface area contributed by atoms with Crippen LogP contribution in [0.2, 0.25) is 5.02 Å². The third kappa shape index (κ3) is 3.80. The van der Waals surface area contributed by atoms with Crippen LogP contribution < -0.4 is 5.73 Å². The molecule has 2 N–H and O–H groups in total. The maximum Gasteiger partial charge on any atom is 0.275 e. The second-order valence-electron chi connectivity index (χ2n) is 4.87. The standard InChI is InChI=1S/C14H17ClN4O2/c1-2-12(16)8-14-17-5-6-18(14)9-10-3-4-11(15)7-13(10)19(20)21/h3-7,12H,2,8-9,16H2,1H3. The lowest BCUT2D eigenvalue weighted by Gasteiger charge is -2.11. The van der Waals surface area contributed by atoms with Crippen LogP contribution in [0.15, 0.2) is 30.6 Å². The van der Waals surface area contributed by atoms with Gasteiger partial charge in [0.15, 0.2) is 0 Å². The number of hydrogen-bond acceptors (Lipinski definition) is 4. The molecule has 21 heavy (non-hydrogen) atoms. The van der Waals surface area contributed by atoms with Crippen LogP contribution in [0.1, 0.15) is 24.7 Å². The quantitative estimate of drug-likeness (QED) is 0.656. The van der Waals surface area contributed by atoms with Crippen molar-refractivity contribution in [2.45, 2.75) is 32.4 Å². The predicted octanol–water partition coefficient (Wildman–Crippen LogP) is 2.77. The smallest absolute Gasteiger partial charge is 0.275 e. The largest absolute Gasteiger partial charge is 0.330 e. The van der Waals surface area contributed by atoms with Crippen LogP contribution in [-0.2, 0) is 13.0 Å². The highest BCUT2D eigenvalue weighted by molar-refractivity contribution is 6.30. The van der Waals surface area contributed by atoms with Gasteiger partial charge in [0.25, 0.3) is 5.69 Å².